The summed E-state index contributed by atoms with van der Waals surface area (Å²) in [4.78, 5) is 4.22. The molecule has 0 aliphatic rings. The highest BCUT2D eigenvalue weighted by molar-refractivity contribution is 5.82. The van der Waals surface area contributed by atoms with Crippen LogP contribution >= 0.6 is 0 Å². The van der Waals surface area contributed by atoms with E-state index in [9.17, 15) is 0 Å². The number of ether oxygens (including phenoxy) is 1. The maximum atomic E-state index is 5.67. The van der Waals surface area contributed by atoms with Gasteiger partial charge in [-0.25, -0.2) is 0 Å². The normalized spacial score (nSPS) is 10.9. The maximum Gasteiger partial charge on any atom is 0.120 e. The van der Waals surface area contributed by atoms with E-state index in [2.05, 4.69) is 4.98 Å². The summed E-state index contributed by atoms with van der Waals surface area (Å²) in [6, 6.07) is 7.71. The molecule has 2 rings (SSSR count). The Balaban J connectivity index is 2.45. The molecule has 3 nitrogen and oxygen atoms in total. The van der Waals surface area contributed by atoms with Gasteiger partial charge in [-0.2, -0.15) is 0 Å². The Morgan fingerprint density at radius 1 is 1.27 bits per heavy atom. The number of hydrogen-bond donors (Lipinski definition) is 1. The second-order valence-electron chi connectivity index (χ2n) is 3.79. The average molecular weight is 202 g/mol. The van der Waals surface area contributed by atoms with Gasteiger partial charge in [-0.05, 0) is 38.1 Å². The molecule has 0 saturated carbocycles. The lowest BCUT2D eigenvalue weighted by Crippen LogP contribution is -2.05. The molecule has 0 radical (unpaired) electrons. The minimum Gasteiger partial charge on any atom is -0.491 e. The van der Waals surface area contributed by atoms with Crippen molar-refractivity contribution in [3.05, 3.63) is 30.5 Å². The SMILES string of the molecule is CC(C)Oc1ccc2ncc(N)cc2c1. The lowest BCUT2D eigenvalue weighted by Gasteiger charge is -2.10. The number of anilines is 1. The van der Waals surface area contributed by atoms with Crippen molar-refractivity contribution in [2.75, 3.05) is 5.73 Å². The first-order valence-corrected chi connectivity index (χ1v) is 4.97. The number of nitrogens with zero attached hydrogens (tertiary/aromatic N) is 1. The van der Waals surface area contributed by atoms with E-state index in [0.29, 0.717) is 5.69 Å². The van der Waals surface area contributed by atoms with E-state index in [1.807, 2.05) is 38.1 Å². The molecule has 15 heavy (non-hydrogen) atoms. The summed E-state index contributed by atoms with van der Waals surface area (Å²) in [5.74, 6) is 0.852. The van der Waals surface area contributed by atoms with E-state index < -0.39 is 0 Å². The van der Waals surface area contributed by atoms with E-state index in [1.54, 1.807) is 6.20 Å². The van der Waals surface area contributed by atoms with Gasteiger partial charge in [0.1, 0.15) is 5.75 Å². The Morgan fingerprint density at radius 2 is 2.07 bits per heavy atom. The molecule has 3 heteroatoms. The van der Waals surface area contributed by atoms with Gasteiger partial charge in [-0.1, -0.05) is 0 Å². The lowest BCUT2D eigenvalue weighted by atomic mass is 10.2. The Hall–Kier alpha value is -1.77. The third-order valence-electron chi connectivity index (χ3n) is 2.05. The van der Waals surface area contributed by atoms with Crippen molar-refractivity contribution in [1.82, 2.24) is 4.98 Å². The number of rotatable bonds is 2. The summed E-state index contributed by atoms with van der Waals surface area (Å²) in [7, 11) is 0. The maximum absolute atomic E-state index is 5.67. The molecule has 1 heterocycles. The molecule has 0 aliphatic heterocycles. The summed E-state index contributed by atoms with van der Waals surface area (Å²) in [6.45, 7) is 4.00. The van der Waals surface area contributed by atoms with E-state index in [4.69, 9.17) is 10.5 Å². The molecule has 0 atom stereocenters. The van der Waals surface area contributed by atoms with Crippen molar-refractivity contribution in [2.24, 2.45) is 0 Å². The smallest absolute Gasteiger partial charge is 0.120 e. The Labute approximate surface area is 88.9 Å². The van der Waals surface area contributed by atoms with E-state index >= 15 is 0 Å². The van der Waals surface area contributed by atoms with Crippen molar-refractivity contribution >= 4 is 16.6 Å². The standard InChI is InChI=1S/C12H14N2O/c1-8(2)15-11-3-4-12-9(6-11)5-10(13)7-14-12/h3-8H,13H2,1-2H3. The molecule has 2 aromatic rings. The fourth-order valence-electron chi connectivity index (χ4n) is 1.47. The van der Waals surface area contributed by atoms with Gasteiger partial charge >= 0.3 is 0 Å². The number of pyridine rings is 1. The molecule has 0 aliphatic carbocycles. The van der Waals surface area contributed by atoms with E-state index in [-0.39, 0.29) is 6.10 Å². The van der Waals surface area contributed by atoms with Crippen molar-refractivity contribution in [1.29, 1.82) is 0 Å². The predicted octanol–water partition coefficient (Wildman–Crippen LogP) is 2.60. The quantitative estimate of drug-likeness (QED) is 0.814. The molecular formula is C12H14N2O. The van der Waals surface area contributed by atoms with Crippen LogP contribution in [0.5, 0.6) is 5.75 Å². The van der Waals surface area contributed by atoms with Gasteiger partial charge < -0.3 is 10.5 Å². The van der Waals surface area contributed by atoms with E-state index in [1.165, 1.54) is 0 Å². The molecule has 1 aromatic carbocycles. The summed E-state index contributed by atoms with van der Waals surface area (Å²) in [5, 5.41) is 1.01. The molecule has 0 fully saturated rings. The molecule has 0 saturated heterocycles. The zero-order valence-electron chi connectivity index (χ0n) is 8.90. The summed E-state index contributed by atoms with van der Waals surface area (Å²) < 4.78 is 5.59. The number of benzene rings is 1. The third kappa shape index (κ3) is 2.18. The Morgan fingerprint density at radius 3 is 2.80 bits per heavy atom. The molecule has 0 bridgehead atoms. The topological polar surface area (TPSA) is 48.1 Å². The van der Waals surface area contributed by atoms with Gasteiger partial charge in [-0.15, -0.1) is 0 Å². The van der Waals surface area contributed by atoms with Gasteiger partial charge in [0.05, 0.1) is 23.5 Å². The molecular weight excluding hydrogens is 188 g/mol. The monoisotopic (exact) mass is 202 g/mol. The van der Waals surface area contributed by atoms with Crippen LogP contribution in [-0.4, -0.2) is 11.1 Å². The van der Waals surface area contributed by atoms with Crippen LogP contribution in [0.2, 0.25) is 0 Å². The fourth-order valence-corrected chi connectivity index (χ4v) is 1.47. The van der Waals surface area contributed by atoms with Gasteiger partial charge in [-0.3, -0.25) is 4.98 Å². The number of nitrogen functional groups attached to an aromatic ring is 1. The van der Waals surface area contributed by atoms with Crippen LogP contribution < -0.4 is 10.5 Å². The largest absolute Gasteiger partial charge is 0.491 e. The number of aromatic nitrogens is 1. The Bertz CT molecular complexity index is 480. The number of hydrogen-bond acceptors (Lipinski definition) is 3. The first-order valence-electron chi connectivity index (χ1n) is 4.97. The molecule has 0 unspecified atom stereocenters. The number of fused-ring (bicyclic) bond motifs is 1. The third-order valence-corrected chi connectivity index (χ3v) is 2.05. The predicted molar refractivity (Wildman–Crippen MR) is 61.9 cm³/mol. The summed E-state index contributed by atoms with van der Waals surface area (Å²) >= 11 is 0. The zero-order chi connectivity index (χ0) is 10.8. The van der Waals surface area contributed by atoms with Gasteiger partial charge in [0.15, 0.2) is 0 Å². The van der Waals surface area contributed by atoms with E-state index in [0.717, 1.165) is 16.7 Å². The van der Waals surface area contributed by atoms with Crippen molar-refractivity contribution in [3.63, 3.8) is 0 Å². The second kappa shape index (κ2) is 3.77. The number of nitrogens with two attached hydrogens (primary N) is 1. The van der Waals surface area contributed by atoms with Crippen LogP contribution in [0.4, 0.5) is 5.69 Å². The fraction of sp³-hybridized carbons (Fsp3) is 0.250. The minimum atomic E-state index is 0.177. The van der Waals surface area contributed by atoms with Crippen LogP contribution in [0.3, 0.4) is 0 Å². The first kappa shape index (κ1) is 9.77. The van der Waals surface area contributed by atoms with Crippen LogP contribution in [0.1, 0.15) is 13.8 Å². The van der Waals surface area contributed by atoms with Gasteiger partial charge in [0.2, 0.25) is 0 Å². The summed E-state index contributed by atoms with van der Waals surface area (Å²) in [5.41, 5.74) is 7.27. The first-order chi connectivity index (χ1) is 7.15. The molecule has 2 N–H and O–H groups in total. The molecule has 0 amide bonds. The highest BCUT2D eigenvalue weighted by Crippen LogP contribution is 2.21. The lowest BCUT2D eigenvalue weighted by molar-refractivity contribution is 0.243. The second-order valence-corrected chi connectivity index (χ2v) is 3.79. The molecule has 78 valence electrons. The molecule has 1 aromatic heterocycles. The van der Waals surface area contributed by atoms with Crippen molar-refractivity contribution in [3.8, 4) is 5.75 Å². The highest BCUT2D eigenvalue weighted by atomic mass is 16.5. The minimum absolute atomic E-state index is 0.177. The van der Waals surface area contributed by atoms with Crippen molar-refractivity contribution < 1.29 is 4.74 Å². The Kier molecular flexibility index (Phi) is 2.46. The molecule has 0 spiro atoms. The van der Waals surface area contributed by atoms with Crippen LogP contribution in [0.25, 0.3) is 10.9 Å². The van der Waals surface area contributed by atoms with Crippen LogP contribution in [0, 0.1) is 0 Å². The highest BCUT2D eigenvalue weighted by Gasteiger charge is 2.00. The van der Waals surface area contributed by atoms with Gasteiger partial charge in [0.25, 0.3) is 0 Å². The van der Waals surface area contributed by atoms with Gasteiger partial charge in [0, 0.05) is 5.39 Å². The average Bonchev–Trinajstić information content (AvgIpc) is 2.16. The zero-order valence-corrected chi connectivity index (χ0v) is 8.90. The van der Waals surface area contributed by atoms with Crippen LogP contribution in [0.15, 0.2) is 30.5 Å². The van der Waals surface area contributed by atoms with Crippen molar-refractivity contribution in [2.45, 2.75) is 20.0 Å². The van der Waals surface area contributed by atoms with Crippen LogP contribution in [-0.2, 0) is 0 Å². The summed E-state index contributed by atoms with van der Waals surface area (Å²) in [6.07, 6.45) is 1.84.